The van der Waals surface area contributed by atoms with Gasteiger partial charge < -0.3 is 0 Å². The average molecular weight is 252 g/mol. The van der Waals surface area contributed by atoms with E-state index in [1.807, 2.05) is 26.0 Å². The molecular weight excluding hydrogens is 242 g/mol. The van der Waals surface area contributed by atoms with Crippen LogP contribution in [0.4, 0.5) is 5.69 Å². The Labute approximate surface area is 91.2 Å². The monoisotopic (exact) mass is 251 g/mol. The van der Waals surface area contributed by atoms with Gasteiger partial charge in [-0.05, 0) is 24.6 Å². The first-order valence-electron chi connectivity index (χ1n) is 4.48. The lowest BCUT2D eigenvalue weighted by molar-refractivity contribution is 0.0962. The van der Waals surface area contributed by atoms with Crippen LogP contribution in [0.15, 0.2) is 21.6 Å². The lowest BCUT2D eigenvalue weighted by Gasteiger charge is -2.15. The number of halogens is 1. The summed E-state index contributed by atoms with van der Waals surface area (Å²) >= 11 is 3.38. The average Bonchev–Trinajstić information content (AvgIpc) is 2.12. The fourth-order valence-electron chi connectivity index (χ4n) is 1.59. The van der Waals surface area contributed by atoms with Gasteiger partial charge in [0.2, 0.25) is 0 Å². The van der Waals surface area contributed by atoms with E-state index < -0.39 is 0 Å². The summed E-state index contributed by atoms with van der Waals surface area (Å²) < 4.78 is 0.936. The predicted molar refractivity (Wildman–Crippen MR) is 60.5 cm³/mol. The number of fused-ring (bicyclic) bond motifs is 1. The molecule has 1 aliphatic rings. The van der Waals surface area contributed by atoms with Gasteiger partial charge in [0.1, 0.15) is 0 Å². The van der Waals surface area contributed by atoms with E-state index in [1.165, 1.54) is 0 Å². The molecule has 2 rings (SSSR count). The van der Waals surface area contributed by atoms with Crippen molar-refractivity contribution in [1.29, 1.82) is 0 Å². The molecule has 1 unspecified atom stereocenters. The van der Waals surface area contributed by atoms with Gasteiger partial charge in [-0.3, -0.25) is 9.79 Å². The fourth-order valence-corrected chi connectivity index (χ4v) is 2.17. The molecule has 0 amide bonds. The molecule has 1 atom stereocenters. The van der Waals surface area contributed by atoms with Crippen molar-refractivity contribution in [2.24, 2.45) is 10.9 Å². The van der Waals surface area contributed by atoms with Crippen LogP contribution in [0.25, 0.3) is 0 Å². The van der Waals surface area contributed by atoms with E-state index in [0.717, 1.165) is 21.3 Å². The molecule has 0 saturated carbocycles. The Morgan fingerprint density at radius 1 is 1.43 bits per heavy atom. The summed E-state index contributed by atoms with van der Waals surface area (Å²) in [6.45, 7) is 3.83. The molecule has 0 aromatic heterocycles. The number of rotatable bonds is 0. The third kappa shape index (κ3) is 1.42. The number of carbonyl (C=O) groups is 1. The van der Waals surface area contributed by atoms with Gasteiger partial charge in [-0.2, -0.15) is 0 Å². The number of Topliss-reactive ketones (excluding diaryl/α,β-unsaturated/α-hetero) is 1. The van der Waals surface area contributed by atoms with Crippen molar-refractivity contribution >= 4 is 33.6 Å². The first kappa shape index (κ1) is 9.59. The molecule has 0 aliphatic carbocycles. The smallest absolute Gasteiger partial charge is 0.173 e. The van der Waals surface area contributed by atoms with Crippen LogP contribution in [0, 0.1) is 12.8 Å². The van der Waals surface area contributed by atoms with E-state index in [0.29, 0.717) is 0 Å². The Kier molecular flexibility index (Phi) is 2.27. The highest BCUT2D eigenvalue weighted by molar-refractivity contribution is 9.10. The van der Waals surface area contributed by atoms with Crippen LogP contribution in [-0.4, -0.2) is 12.0 Å². The van der Waals surface area contributed by atoms with Gasteiger partial charge in [0, 0.05) is 16.3 Å². The maximum absolute atomic E-state index is 11.8. The lowest BCUT2D eigenvalue weighted by Crippen LogP contribution is -2.16. The second-order valence-electron chi connectivity index (χ2n) is 3.55. The molecule has 0 saturated heterocycles. The van der Waals surface area contributed by atoms with Crippen molar-refractivity contribution in [2.75, 3.05) is 0 Å². The number of aliphatic imine (C=N–C) groups is 1. The molecule has 0 radical (unpaired) electrons. The van der Waals surface area contributed by atoms with Gasteiger partial charge >= 0.3 is 0 Å². The van der Waals surface area contributed by atoms with Gasteiger partial charge in [0.05, 0.1) is 11.6 Å². The van der Waals surface area contributed by atoms with Gasteiger partial charge in [-0.15, -0.1) is 0 Å². The van der Waals surface area contributed by atoms with E-state index in [9.17, 15) is 4.79 Å². The van der Waals surface area contributed by atoms with Crippen molar-refractivity contribution in [2.45, 2.75) is 13.8 Å². The van der Waals surface area contributed by atoms with Crippen molar-refractivity contribution in [3.8, 4) is 0 Å². The van der Waals surface area contributed by atoms with E-state index in [2.05, 4.69) is 20.9 Å². The SMILES string of the molecule is Cc1cc(Br)cc2c1N=CC(C)C2=O. The number of hydrogen-bond acceptors (Lipinski definition) is 2. The van der Waals surface area contributed by atoms with Crippen LogP contribution < -0.4 is 0 Å². The minimum Gasteiger partial charge on any atom is -0.293 e. The van der Waals surface area contributed by atoms with Crippen LogP contribution in [-0.2, 0) is 0 Å². The normalized spacial score (nSPS) is 19.6. The number of hydrogen-bond donors (Lipinski definition) is 0. The summed E-state index contributed by atoms with van der Waals surface area (Å²) in [4.78, 5) is 16.1. The maximum atomic E-state index is 11.8. The number of ketones is 1. The third-order valence-electron chi connectivity index (χ3n) is 2.37. The summed E-state index contributed by atoms with van der Waals surface area (Å²) in [6.07, 6.45) is 1.71. The Balaban J connectivity index is 2.68. The molecule has 0 spiro atoms. The zero-order chi connectivity index (χ0) is 10.3. The minimum absolute atomic E-state index is 0.101. The standard InChI is InChI=1S/C11H10BrNO/c1-6-3-8(12)4-9-10(6)13-5-7(2)11(9)14/h3-5,7H,1-2H3. The molecule has 0 N–H and O–H groups in total. The summed E-state index contributed by atoms with van der Waals surface area (Å²) in [5, 5.41) is 0. The second-order valence-corrected chi connectivity index (χ2v) is 4.47. The Bertz CT molecular complexity index is 437. The van der Waals surface area contributed by atoms with Gasteiger partial charge in [-0.25, -0.2) is 0 Å². The molecule has 2 nitrogen and oxygen atoms in total. The molecule has 0 fully saturated rings. The van der Waals surface area contributed by atoms with Crippen molar-refractivity contribution < 1.29 is 4.79 Å². The molecule has 3 heteroatoms. The zero-order valence-electron chi connectivity index (χ0n) is 8.04. The topological polar surface area (TPSA) is 29.4 Å². The van der Waals surface area contributed by atoms with Crippen LogP contribution >= 0.6 is 15.9 Å². The molecule has 72 valence electrons. The van der Waals surface area contributed by atoms with Crippen LogP contribution in [0.2, 0.25) is 0 Å². The molecule has 1 aliphatic heterocycles. The van der Waals surface area contributed by atoms with Crippen molar-refractivity contribution in [3.63, 3.8) is 0 Å². The quantitative estimate of drug-likeness (QED) is 0.696. The Morgan fingerprint density at radius 2 is 2.14 bits per heavy atom. The van der Waals surface area contributed by atoms with Crippen LogP contribution in [0.5, 0.6) is 0 Å². The van der Waals surface area contributed by atoms with Crippen molar-refractivity contribution in [3.05, 3.63) is 27.7 Å². The van der Waals surface area contributed by atoms with Crippen molar-refractivity contribution in [1.82, 2.24) is 0 Å². The van der Waals surface area contributed by atoms with Gasteiger partial charge in [0.25, 0.3) is 0 Å². The van der Waals surface area contributed by atoms with E-state index in [4.69, 9.17) is 0 Å². The summed E-state index contributed by atoms with van der Waals surface area (Å²) in [6, 6.07) is 3.82. The van der Waals surface area contributed by atoms with Crippen LogP contribution in [0.3, 0.4) is 0 Å². The second kappa shape index (κ2) is 3.31. The molecular formula is C11H10BrNO. The van der Waals surface area contributed by atoms with E-state index >= 15 is 0 Å². The first-order chi connectivity index (χ1) is 6.59. The molecule has 0 bridgehead atoms. The first-order valence-corrected chi connectivity index (χ1v) is 5.27. The third-order valence-corrected chi connectivity index (χ3v) is 2.83. The fraction of sp³-hybridized carbons (Fsp3) is 0.273. The van der Waals surface area contributed by atoms with Gasteiger partial charge in [0.15, 0.2) is 5.78 Å². The highest BCUT2D eigenvalue weighted by Gasteiger charge is 2.22. The number of benzene rings is 1. The predicted octanol–water partition coefficient (Wildman–Crippen LogP) is 3.29. The molecule has 1 aromatic carbocycles. The van der Waals surface area contributed by atoms with Crippen LogP contribution in [0.1, 0.15) is 22.8 Å². The summed E-state index contributed by atoms with van der Waals surface area (Å²) in [5.74, 6) is 0.0515. The number of nitrogens with zero attached hydrogens (tertiary/aromatic N) is 1. The molecule has 1 aromatic rings. The van der Waals surface area contributed by atoms with E-state index in [1.54, 1.807) is 6.21 Å². The number of aryl methyl sites for hydroxylation is 1. The minimum atomic E-state index is -0.101. The summed E-state index contributed by atoms with van der Waals surface area (Å²) in [5.41, 5.74) is 2.58. The zero-order valence-corrected chi connectivity index (χ0v) is 9.63. The molecule has 1 heterocycles. The highest BCUT2D eigenvalue weighted by Crippen LogP contribution is 2.32. The number of carbonyl (C=O) groups excluding carboxylic acids is 1. The van der Waals surface area contributed by atoms with E-state index in [-0.39, 0.29) is 11.7 Å². The highest BCUT2D eigenvalue weighted by atomic mass is 79.9. The van der Waals surface area contributed by atoms with Gasteiger partial charge in [-0.1, -0.05) is 22.9 Å². The summed E-state index contributed by atoms with van der Waals surface area (Å²) in [7, 11) is 0. The Morgan fingerprint density at radius 3 is 2.86 bits per heavy atom. The largest absolute Gasteiger partial charge is 0.293 e. The molecule has 14 heavy (non-hydrogen) atoms. The Hall–Kier alpha value is -0.960. The maximum Gasteiger partial charge on any atom is 0.173 e. The lowest BCUT2D eigenvalue weighted by atomic mass is 9.94.